The lowest BCUT2D eigenvalue weighted by atomic mass is 10.2. The Bertz CT molecular complexity index is 1100. The quantitative estimate of drug-likeness (QED) is 0.661. The largest absolute Gasteiger partial charge is 0.491 e. The third-order valence-electron chi connectivity index (χ3n) is 5.07. The highest BCUT2D eigenvalue weighted by Gasteiger charge is 2.30. The molecule has 1 aromatic heterocycles. The maximum atomic E-state index is 13.3. The number of anilines is 1. The fraction of sp³-hybridized carbons (Fsp3) is 0.286. The van der Waals surface area contributed by atoms with Crippen LogP contribution in [-0.2, 0) is 10.0 Å². The number of ether oxygens (including phenoxy) is 1. The van der Waals surface area contributed by atoms with E-state index in [0.29, 0.717) is 42.7 Å². The summed E-state index contributed by atoms with van der Waals surface area (Å²) in [5.41, 5.74) is 1.39. The zero-order valence-electron chi connectivity index (χ0n) is 15.2. The normalized spacial score (nSPS) is 16.9. The van der Waals surface area contributed by atoms with Crippen LogP contribution < -0.4 is 9.04 Å². The second-order valence-electron chi connectivity index (χ2n) is 7.11. The van der Waals surface area contributed by atoms with Gasteiger partial charge in [-0.2, -0.15) is 0 Å². The van der Waals surface area contributed by atoms with Gasteiger partial charge in [0, 0.05) is 24.4 Å². The lowest BCUT2D eigenvalue weighted by molar-refractivity contribution is 0.322. The summed E-state index contributed by atoms with van der Waals surface area (Å²) >= 11 is 0. The summed E-state index contributed by atoms with van der Waals surface area (Å²) in [4.78, 5) is 4.57. The van der Waals surface area contributed by atoms with E-state index in [1.807, 2.05) is 12.1 Å². The Hall–Kier alpha value is -2.80. The molecular weight excluding hydrogens is 376 g/mol. The van der Waals surface area contributed by atoms with Crippen molar-refractivity contribution in [3.63, 3.8) is 0 Å². The molecule has 0 N–H and O–H groups in total. The van der Waals surface area contributed by atoms with Gasteiger partial charge in [-0.15, -0.1) is 0 Å². The highest BCUT2D eigenvalue weighted by Crippen LogP contribution is 2.40. The first-order valence-electron chi connectivity index (χ1n) is 9.44. The summed E-state index contributed by atoms with van der Waals surface area (Å²) in [6.07, 6.45) is 4.59. The minimum absolute atomic E-state index is 0.245. The molecule has 6 nitrogen and oxygen atoms in total. The summed E-state index contributed by atoms with van der Waals surface area (Å²) in [6, 6.07) is 14.0. The SMILES string of the molecule is O=S(=O)(c1ccc(-c2cnc(C3CC3)o2)cc1)N1CCCOc2ccccc21. The van der Waals surface area contributed by atoms with E-state index in [1.54, 1.807) is 42.6 Å². The van der Waals surface area contributed by atoms with E-state index < -0.39 is 10.0 Å². The highest BCUT2D eigenvalue weighted by atomic mass is 32.2. The van der Waals surface area contributed by atoms with Crippen molar-refractivity contribution in [2.24, 2.45) is 0 Å². The van der Waals surface area contributed by atoms with Gasteiger partial charge in [-0.25, -0.2) is 13.4 Å². The van der Waals surface area contributed by atoms with E-state index in [-0.39, 0.29) is 4.90 Å². The molecule has 2 aromatic carbocycles. The third kappa shape index (κ3) is 3.05. The summed E-state index contributed by atoms with van der Waals surface area (Å²) in [5, 5.41) is 0. The Labute approximate surface area is 163 Å². The van der Waals surface area contributed by atoms with Gasteiger partial charge >= 0.3 is 0 Å². The molecule has 0 radical (unpaired) electrons. The molecule has 0 bridgehead atoms. The maximum Gasteiger partial charge on any atom is 0.264 e. The fourth-order valence-corrected chi connectivity index (χ4v) is 4.92. The van der Waals surface area contributed by atoms with Crippen molar-refractivity contribution in [3.8, 4) is 17.1 Å². The molecule has 1 aliphatic heterocycles. The van der Waals surface area contributed by atoms with Crippen molar-refractivity contribution in [2.75, 3.05) is 17.5 Å². The van der Waals surface area contributed by atoms with E-state index in [9.17, 15) is 8.42 Å². The van der Waals surface area contributed by atoms with Crippen LogP contribution in [0.15, 0.2) is 64.0 Å². The van der Waals surface area contributed by atoms with Gasteiger partial charge in [0.1, 0.15) is 5.75 Å². The summed E-state index contributed by atoms with van der Waals surface area (Å²) in [5.74, 6) is 2.47. The molecule has 0 amide bonds. The maximum absolute atomic E-state index is 13.3. The van der Waals surface area contributed by atoms with Gasteiger partial charge < -0.3 is 9.15 Å². The zero-order valence-corrected chi connectivity index (χ0v) is 16.1. The average molecular weight is 396 g/mol. The van der Waals surface area contributed by atoms with Gasteiger partial charge in [0.25, 0.3) is 10.0 Å². The van der Waals surface area contributed by atoms with Crippen molar-refractivity contribution in [2.45, 2.75) is 30.1 Å². The lowest BCUT2D eigenvalue weighted by Gasteiger charge is -2.23. The lowest BCUT2D eigenvalue weighted by Crippen LogP contribution is -2.31. The number of benzene rings is 2. The smallest absolute Gasteiger partial charge is 0.264 e. The molecule has 5 rings (SSSR count). The Morgan fingerprint density at radius 3 is 2.61 bits per heavy atom. The topological polar surface area (TPSA) is 72.6 Å². The standard InChI is InChI=1S/C21H20N2O4S/c24-28(25,23-12-3-13-26-19-5-2-1-4-18(19)23)17-10-8-15(9-11-17)20-14-22-21(27-20)16-6-7-16/h1-2,4-5,8-11,14,16H,3,6-7,12-13H2. The molecule has 0 unspecified atom stereocenters. The molecule has 144 valence electrons. The molecule has 1 saturated carbocycles. The van der Waals surface area contributed by atoms with Crippen LogP contribution in [0.2, 0.25) is 0 Å². The van der Waals surface area contributed by atoms with Gasteiger partial charge in [0.05, 0.1) is 23.4 Å². The molecule has 3 aromatic rings. The highest BCUT2D eigenvalue weighted by molar-refractivity contribution is 7.92. The van der Waals surface area contributed by atoms with Crippen molar-refractivity contribution in [1.29, 1.82) is 0 Å². The van der Waals surface area contributed by atoms with Crippen molar-refractivity contribution in [1.82, 2.24) is 4.98 Å². The molecule has 0 saturated heterocycles. The Kier molecular flexibility index (Phi) is 4.12. The van der Waals surface area contributed by atoms with Gasteiger partial charge in [0.2, 0.25) is 0 Å². The average Bonchev–Trinajstić information content (AvgIpc) is 3.49. The zero-order chi connectivity index (χ0) is 19.1. The minimum Gasteiger partial charge on any atom is -0.491 e. The summed E-state index contributed by atoms with van der Waals surface area (Å²) in [6.45, 7) is 0.880. The number of fused-ring (bicyclic) bond motifs is 1. The van der Waals surface area contributed by atoms with Gasteiger partial charge in [0.15, 0.2) is 11.7 Å². The van der Waals surface area contributed by atoms with Crippen LogP contribution in [0.5, 0.6) is 5.75 Å². The Morgan fingerprint density at radius 1 is 1.04 bits per heavy atom. The van der Waals surface area contributed by atoms with Crippen molar-refractivity contribution >= 4 is 15.7 Å². The van der Waals surface area contributed by atoms with Crippen LogP contribution in [0.4, 0.5) is 5.69 Å². The van der Waals surface area contributed by atoms with Crippen LogP contribution >= 0.6 is 0 Å². The number of oxazole rings is 1. The van der Waals surface area contributed by atoms with Crippen molar-refractivity contribution in [3.05, 3.63) is 60.6 Å². The van der Waals surface area contributed by atoms with E-state index >= 15 is 0 Å². The summed E-state index contributed by atoms with van der Waals surface area (Å²) in [7, 11) is -3.69. The van der Waals surface area contributed by atoms with Crippen LogP contribution in [0.25, 0.3) is 11.3 Å². The summed E-state index contributed by atoms with van der Waals surface area (Å²) < 4.78 is 39.5. The number of sulfonamides is 1. The molecule has 2 heterocycles. The monoisotopic (exact) mass is 396 g/mol. The Balaban J connectivity index is 1.46. The van der Waals surface area contributed by atoms with E-state index in [4.69, 9.17) is 9.15 Å². The fourth-order valence-electron chi connectivity index (χ4n) is 3.40. The molecule has 1 aliphatic carbocycles. The molecule has 7 heteroatoms. The van der Waals surface area contributed by atoms with Crippen LogP contribution in [-0.4, -0.2) is 26.6 Å². The Morgan fingerprint density at radius 2 is 1.82 bits per heavy atom. The number of hydrogen-bond donors (Lipinski definition) is 0. The predicted molar refractivity (Wildman–Crippen MR) is 105 cm³/mol. The third-order valence-corrected chi connectivity index (χ3v) is 6.90. The molecule has 0 atom stereocenters. The second kappa shape index (κ2) is 6.67. The second-order valence-corrected chi connectivity index (χ2v) is 8.97. The molecular formula is C21H20N2O4S. The van der Waals surface area contributed by atoms with Crippen molar-refractivity contribution < 1.29 is 17.6 Å². The number of para-hydroxylation sites is 2. The number of nitrogens with zero attached hydrogens (tertiary/aromatic N) is 2. The van der Waals surface area contributed by atoms with Gasteiger partial charge in [-0.05, 0) is 49.2 Å². The van der Waals surface area contributed by atoms with Gasteiger partial charge in [-0.1, -0.05) is 12.1 Å². The van der Waals surface area contributed by atoms with E-state index in [0.717, 1.165) is 24.3 Å². The predicted octanol–water partition coefficient (Wildman–Crippen LogP) is 4.20. The number of hydrogen-bond acceptors (Lipinski definition) is 5. The first-order chi connectivity index (χ1) is 13.6. The van der Waals surface area contributed by atoms with E-state index in [1.165, 1.54) is 4.31 Å². The number of rotatable bonds is 4. The van der Waals surface area contributed by atoms with Crippen LogP contribution in [0, 0.1) is 0 Å². The molecule has 0 spiro atoms. The first-order valence-corrected chi connectivity index (χ1v) is 10.9. The molecule has 28 heavy (non-hydrogen) atoms. The molecule has 2 aliphatic rings. The van der Waals surface area contributed by atoms with Crippen LogP contribution in [0.1, 0.15) is 31.1 Å². The molecule has 1 fully saturated rings. The van der Waals surface area contributed by atoms with Crippen LogP contribution in [0.3, 0.4) is 0 Å². The van der Waals surface area contributed by atoms with Gasteiger partial charge in [-0.3, -0.25) is 4.31 Å². The minimum atomic E-state index is -3.69. The number of aromatic nitrogens is 1. The van der Waals surface area contributed by atoms with E-state index in [2.05, 4.69) is 4.98 Å². The first kappa shape index (κ1) is 17.3.